The molecule has 0 amide bonds. The van der Waals surface area contributed by atoms with Gasteiger partial charge in [0.05, 0.1) is 6.10 Å². The van der Waals surface area contributed by atoms with Crippen molar-refractivity contribution < 1.29 is 13.5 Å². The van der Waals surface area contributed by atoms with Crippen LogP contribution in [-0.4, -0.2) is 19.3 Å². The third-order valence-electron chi connectivity index (χ3n) is 3.58. The fourth-order valence-electron chi connectivity index (χ4n) is 2.52. The number of methoxy groups -OCH3 is 1. The molecule has 0 aromatic heterocycles. The summed E-state index contributed by atoms with van der Waals surface area (Å²) in [4.78, 5) is 0. The normalized spacial score (nSPS) is 24.2. The van der Waals surface area contributed by atoms with E-state index in [1.807, 2.05) is 0 Å². The van der Waals surface area contributed by atoms with E-state index in [1.165, 1.54) is 25.0 Å². The van der Waals surface area contributed by atoms with Gasteiger partial charge in [-0.2, -0.15) is 0 Å². The van der Waals surface area contributed by atoms with E-state index in [9.17, 15) is 8.78 Å². The molecule has 0 saturated heterocycles. The molecule has 0 heterocycles. The molecule has 1 saturated carbocycles. The summed E-state index contributed by atoms with van der Waals surface area (Å²) < 4.78 is 31.7. The standard InChI is InChI=1S/C14H19F2NO/c1-18-14-5-3-2-4-13(14)17-9-10-6-7-11(15)8-12(10)16/h6-8,13-14,17H,2-5,9H2,1H3. The topological polar surface area (TPSA) is 21.3 Å². The van der Waals surface area contributed by atoms with Crippen molar-refractivity contribution in [3.05, 3.63) is 35.4 Å². The summed E-state index contributed by atoms with van der Waals surface area (Å²) in [6.07, 6.45) is 4.63. The molecule has 1 aliphatic carbocycles. The Hall–Kier alpha value is -1.00. The van der Waals surface area contributed by atoms with Gasteiger partial charge in [0.2, 0.25) is 0 Å². The Morgan fingerprint density at radius 3 is 2.78 bits per heavy atom. The van der Waals surface area contributed by atoms with Crippen molar-refractivity contribution in [2.24, 2.45) is 0 Å². The second-order valence-electron chi connectivity index (χ2n) is 4.78. The molecule has 1 fully saturated rings. The summed E-state index contributed by atoms with van der Waals surface area (Å²) in [5, 5.41) is 3.31. The van der Waals surface area contributed by atoms with Crippen LogP contribution in [0.5, 0.6) is 0 Å². The van der Waals surface area contributed by atoms with Crippen LogP contribution in [0.3, 0.4) is 0 Å². The zero-order valence-corrected chi connectivity index (χ0v) is 10.6. The lowest BCUT2D eigenvalue weighted by Crippen LogP contribution is -2.42. The predicted molar refractivity (Wildman–Crippen MR) is 66.3 cm³/mol. The summed E-state index contributed by atoms with van der Waals surface area (Å²) >= 11 is 0. The Balaban J connectivity index is 1.93. The number of rotatable bonds is 4. The summed E-state index contributed by atoms with van der Waals surface area (Å²) in [7, 11) is 1.71. The van der Waals surface area contributed by atoms with Crippen molar-refractivity contribution in [3.8, 4) is 0 Å². The highest BCUT2D eigenvalue weighted by atomic mass is 19.1. The lowest BCUT2D eigenvalue weighted by Gasteiger charge is -2.31. The summed E-state index contributed by atoms with van der Waals surface area (Å²) in [6.45, 7) is 0.413. The highest BCUT2D eigenvalue weighted by molar-refractivity contribution is 5.18. The number of hydrogen-bond acceptors (Lipinski definition) is 2. The molecule has 1 aromatic rings. The van der Waals surface area contributed by atoms with Gasteiger partial charge in [-0.3, -0.25) is 0 Å². The molecule has 100 valence electrons. The average Bonchev–Trinajstić information content (AvgIpc) is 2.38. The van der Waals surface area contributed by atoms with Crippen LogP contribution < -0.4 is 5.32 Å². The lowest BCUT2D eigenvalue weighted by molar-refractivity contribution is 0.0412. The van der Waals surface area contributed by atoms with Crippen LogP contribution >= 0.6 is 0 Å². The molecule has 1 N–H and O–H groups in total. The lowest BCUT2D eigenvalue weighted by atomic mass is 9.92. The summed E-state index contributed by atoms with van der Waals surface area (Å²) in [6, 6.07) is 3.95. The van der Waals surface area contributed by atoms with Crippen LogP contribution in [0.4, 0.5) is 8.78 Å². The van der Waals surface area contributed by atoms with Crippen molar-refractivity contribution in [2.75, 3.05) is 7.11 Å². The fraction of sp³-hybridized carbons (Fsp3) is 0.571. The maximum absolute atomic E-state index is 13.5. The van der Waals surface area contributed by atoms with Crippen LogP contribution in [0.15, 0.2) is 18.2 Å². The first-order chi connectivity index (χ1) is 8.70. The Bertz CT molecular complexity index is 397. The molecule has 0 radical (unpaired) electrons. The van der Waals surface area contributed by atoms with Gasteiger partial charge in [0.15, 0.2) is 0 Å². The van der Waals surface area contributed by atoms with E-state index in [0.29, 0.717) is 12.1 Å². The molecule has 0 aliphatic heterocycles. The third kappa shape index (κ3) is 3.27. The first kappa shape index (κ1) is 13.4. The van der Waals surface area contributed by atoms with E-state index in [4.69, 9.17) is 4.74 Å². The number of nitrogens with one attached hydrogen (secondary N) is 1. The fourth-order valence-corrected chi connectivity index (χ4v) is 2.52. The largest absolute Gasteiger partial charge is 0.380 e. The molecular formula is C14H19F2NO. The van der Waals surface area contributed by atoms with Gasteiger partial charge in [-0.1, -0.05) is 18.9 Å². The van der Waals surface area contributed by atoms with Gasteiger partial charge in [-0.25, -0.2) is 8.78 Å². The Morgan fingerprint density at radius 1 is 1.28 bits per heavy atom. The molecule has 0 bridgehead atoms. The molecule has 2 atom stereocenters. The number of benzene rings is 1. The molecule has 18 heavy (non-hydrogen) atoms. The molecule has 1 aromatic carbocycles. The van der Waals surface area contributed by atoms with Gasteiger partial charge in [0.25, 0.3) is 0 Å². The van der Waals surface area contributed by atoms with Crippen LogP contribution in [0, 0.1) is 11.6 Å². The summed E-state index contributed by atoms with van der Waals surface area (Å²) in [5.41, 5.74) is 0.497. The van der Waals surface area contributed by atoms with Gasteiger partial charge in [-0.15, -0.1) is 0 Å². The van der Waals surface area contributed by atoms with Crippen LogP contribution in [0.2, 0.25) is 0 Å². The second-order valence-corrected chi connectivity index (χ2v) is 4.78. The highest BCUT2D eigenvalue weighted by Crippen LogP contribution is 2.21. The van der Waals surface area contributed by atoms with E-state index in [0.717, 1.165) is 18.9 Å². The summed E-state index contributed by atoms with van der Waals surface area (Å²) in [5.74, 6) is -1.03. The van der Waals surface area contributed by atoms with E-state index in [2.05, 4.69) is 5.32 Å². The maximum atomic E-state index is 13.5. The van der Waals surface area contributed by atoms with Crippen LogP contribution in [0.1, 0.15) is 31.2 Å². The van der Waals surface area contributed by atoms with Gasteiger partial charge in [0, 0.05) is 31.3 Å². The average molecular weight is 255 g/mol. The first-order valence-electron chi connectivity index (χ1n) is 6.41. The quantitative estimate of drug-likeness (QED) is 0.893. The zero-order chi connectivity index (χ0) is 13.0. The molecule has 4 heteroatoms. The zero-order valence-electron chi connectivity index (χ0n) is 10.6. The van der Waals surface area contributed by atoms with Gasteiger partial charge in [0.1, 0.15) is 11.6 Å². The van der Waals surface area contributed by atoms with Gasteiger partial charge in [-0.05, 0) is 18.9 Å². The van der Waals surface area contributed by atoms with Gasteiger partial charge < -0.3 is 10.1 Å². The molecule has 2 nitrogen and oxygen atoms in total. The minimum Gasteiger partial charge on any atom is -0.380 e. The van der Waals surface area contributed by atoms with Gasteiger partial charge >= 0.3 is 0 Å². The predicted octanol–water partition coefficient (Wildman–Crippen LogP) is 3.01. The van der Waals surface area contributed by atoms with Crippen LogP contribution in [-0.2, 0) is 11.3 Å². The Labute approximate surface area is 106 Å². The van der Waals surface area contributed by atoms with Crippen molar-refractivity contribution >= 4 is 0 Å². The van der Waals surface area contributed by atoms with E-state index in [1.54, 1.807) is 7.11 Å². The number of halogens is 2. The minimum absolute atomic E-state index is 0.197. The van der Waals surface area contributed by atoms with Crippen molar-refractivity contribution in [2.45, 2.75) is 44.4 Å². The SMILES string of the molecule is COC1CCCCC1NCc1ccc(F)cc1F. The number of ether oxygens (including phenoxy) is 1. The molecule has 2 unspecified atom stereocenters. The second kappa shape index (κ2) is 6.25. The maximum Gasteiger partial charge on any atom is 0.130 e. The Morgan fingerprint density at radius 2 is 2.06 bits per heavy atom. The minimum atomic E-state index is -0.538. The molecule has 2 rings (SSSR count). The highest BCUT2D eigenvalue weighted by Gasteiger charge is 2.24. The Kier molecular flexibility index (Phi) is 4.66. The van der Waals surface area contributed by atoms with Crippen molar-refractivity contribution in [1.29, 1.82) is 0 Å². The molecular weight excluding hydrogens is 236 g/mol. The molecule has 1 aliphatic rings. The van der Waals surface area contributed by atoms with E-state index >= 15 is 0 Å². The van der Waals surface area contributed by atoms with Crippen molar-refractivity contribution in [1.82, 2.24) is 5.32 Å². The van der Waals surface area contributed by atoms with E-state index in [-0.39, 0.29) is 12.1 Å². The smallest absolute Gasteiger partial charge is 0.130 e. The first-order valence-corrected chi connectivity index (χ1v) is 6.41. The number of hydrogen-bond donors (Lipinski definition) is 1. The van der Waals surface area contributed by atoms with E-state index < -0.39 is 11.6 Å². The third-order valence-corrected chi connectivity index (χ3v) is 3.58. The molecule has 0 spiro atoms. The monoisotopic (exact) mass is 255 g/mol. The van der Waals surface area contributed by atoms with Crippen LogP contribution in [0.25, 0.3) is 0 Å². The van der Waals surface area contributed by atoms with Crippen molar-refractivity contribution in [3.63, 3.8) is 0 Å².